The lowest BCUT2D eigenvalue weighted by atomic mass is 10.7. The number of aliphatic hydroxyl groups is 1. The van der Waals surface area contributed by atoms with Crippen LogP contribution >= 0.6 is 0 Å². The summed E-state index contributed by atoms with van der Waals surface area (Å²) in [5.41, 5.74) is 4.77. The number of carbonyl (C=O) groups is 2. The van der Waals surface area contributed by atoms with Crippen LogP contribution in [-0.2, 0) is 14.3 Å². The largest absolute Gasteiger partial charge is 0.518 e. The maximum absolute atomic E-state index is 10.2. The van der Waals surface area contributed by atoms with Gasteiger partial charge < -0.3 is 20.3 Å². The van der Waals surface area contributed by atoms with E-state index in [4.69, 9.17) is 10.8 Å². The molecule has 0 aromatic carbocycles. The Kier molecular flexibility index (Phi) is 4.17. The molecule has 6 nitrogen and oxygen atoms in total. The van der Waals surface area contributed by atoms with Crippen molar-refractivity contribution in [3.8, 4) is 0 Å². The quantitative estimate of drug-likeness (QED) is 0.284. The number of aliphatic hydroxyl groups excluding tert-OH is 1. The van der Waals surface area contributed by atoms with Gasteiger partial charge in [0, 0.05) is 0 Å². The van der Waals surface area contributed by atoms with Crippen LogP contribution in [0.15, 0.2) is 0 Å². The predicted octanol–water partition coefficient (Wildman–Crippen LogP) is -1.43. The molecule has 0 fully saturated rings. The Morgan fingerprint density at radius 3 is 2.50 bits per heavy atom. The molecule has 0 radical (unpaired) electrons. The Labute approximate surface area is 56.5 Å². The van der Waals surface area contributed by atoms with Gasteiger partial charge in [0.05, 0.1) is 6.54 Å². The van der Waals surface area contributed by atoms with E-state index < -0.39 is 25.5 Å². The van der Waals surface area contributed by atoms with E-state index in [0.717, 1.165) is 0 Å². The van der Waals surface area contributed by atoms with Crippen LogP contribution in [0, 0.1) is 0 Å². The fraction of sp³-hybridized carbons (Fsp3) is 0.500. The summed E-state index contributed by atoms with van der Waals surface area (Å²) in [4.78, 5) is 20.3. The molecule has 3 N–H and O–H groups in total. The maximum atomic E-state index is 10.2. The van der Waals surface area contributed by atoms with Crippen LogP contribution in [-0.4, -0.2) is 30.6 Å². The van der Waals surface area contributed by atoms with Crippen LogP contribution in [0.5, 0.6) is 0 Å². The second-order valence-electron chi connectivity index (χ2n) is 1.20. The van der Waals surface area contributed by atoms with Crippen molar-refractivity contribution in [1.82, 2.24) is 0 Å². The summed E-state index contributed by atoms with van der Waals surface area (Å²) in [7, 11) is 0. The average molecular weight is 149 g/mol. The molecule has 0 aromatic heterocycles. The first-order valence-corrected chi connectivity index (χ1v) is 2.39. The first-order valence-electron chi connectivity index (χ1n) is 2.39. The zero-order chi connectivity index (χ0) is 7.98. The SMILES string of the molecule is NCC(=O)OC(=O)OCO. The van der Waals surface area contributed by atoms with E-state index in [0.29, 0.717) is 0 Å². The van der Waals surface area contributed by atoms with Crippen LogP contribution in [0.1, 0.15) is 0 Å². The van der Waals surface area contributed by atoms with Crippen molar-refractivity contribution in [2.75, 3.05) is 13.3 Å². The van der Waals surface area contributed by atoms with E-state index in [1.807, 2.05) is 0 Å². The molecular formula is C4H7NO5. The van der Waals surface area contributed by atoms with Crippen LogP contribution < -0.4 is 5.73 Å². The van der Waals surface area contributed by atoms with Crippen LogP contribution in [0.4, 0.5) is 4.79 Å². The third-order valence-corrected chi connectivity index (χ3v) is 0.546. The van der Waals surface area contributed by atoms with Crippen molar-refractivity contribution in [2.24, 2.45) is 5.73 Å². The molecule has 0 aliphatic rings. The zero-order valence-electron chi connectivity index (χ0n) is 5.07. The topological polar surface area (TPSA) is 98.9 Å². The van der Waals surface area contributed by atoms with Crippen molar-refractivity contribution in [2.45, 2.75) is 0 Å². The lowest BCUT2D eigenvalue weighted by molar-refractivity contribution is -0.139. The van der Waals surface area contributed by atoms with Crippen molar-refractivity contribution < 1.29 is 24.2 Å². The fourth-order valence-electron chi connectivity index (χ4n) is 0.217. The van der Waals surface area contributed by atoms with Crippen LogP contribution in [0.2, 0.25) is 0 Å². The minimum atomic E-state index is -1.25. The van der Waals surface area contributed by atoms with Gasteiger partial charge in [-0.2, -0.15) is 0 Å². The molecule has 0 aliphatic carbocycles. The van der Waals surface area contributed by atoms with E-state index in [-0.39, 0.29) is 0 Å². The summed E-state index contributed by atoms with van der Waals surface area (Å²) in [5.74, 6) is -0.904. The molecule has 0 unspecified atom stereocenters. The second kappa shape index (κ2) is 4.71. The molecule has 10 heavy (non-hydrogen) atoms. The lowest BCUT2D eigenvalue weighted by Crippen LogP contribution is -2.21. The van der Waals surface area contributed by atoms with E-state index in [1.54, 1.807) is 0 Å². The van der Waals surface area contributed by atoms with E-state index >= 15 is 0 Å². The molecule has 58 valence electrons. The lowest BCUT2D eigenvalue weighted by Gasteiger charge is -1.98. The number of carbonyl (C=O) groups excluding carboxylic acids is 2. The summed E-state index contributed by atoms with van der Waals surface area (Å²) in [5, 5.41) is 7.96. The molecule has 0 aromatic rings. The molecule has 0 amide bonds. The molecule has 0 atom stereocenters. The molecule has 0 saturated carbocycles. The smallest absolute Gasteiger partial charge is 0.407 e. The summed E-state index contributed by atoms with van der Waals surface area (Å²) >= 11 is 0. The first kappa shape index (κ1) is 8.86. The molecular weight excluding hydrogens is 142 g/mol. The summed E-state index contributed by atoms with van der Waals surface area (Å²) in [6, 6.07) is 0. The summed E-state index contributed by atoms with van der Waals surface area (Å²) in [6.07, 6.45) is -1.25. The number of ether oxygens (including phenoxy) is 2. The molecule has 0 saturated heterocycles. The highest BCUT2D eigenvalue weighted by molar-refractivity contribution is 5.82. The number of nitrogens with two attached hydrogens (primary N) is 1. The number of esters is 1. The monoisotopic (exact) mass is 149 g/mol. The minimum Gasteiger partial charge on any atom is -0.407 e. The van der Waals surface area contributed by atoms with E-state index in [1.165, 1.54) is 0 Å². The van der Waals surface area contributed by atoms with Gasteiger partial charge in [-0.1, -0.05) is 0 Å². The molecule has 0 aliphatic heterocycles. The maximum Gasteiger partial charge on any atom is 0.518 e. The Morgan fingerprint density at radius 1 is 1.50 bits per heavy atom. The van der Waals surface area contributed by atoms with Gasteiger partial charge in [-0.25, -0.2) is 4.79 Å². The van der Waals surface area contributed by atoms with Gasteiger partial charge in [0.2, 0.25) is 0 Å². The van der Waals surface area contributed by atoms with Crippen molar-refractivity contribution in [3.05, 3.63) is 0 Å². The summed E-state index contributed by atoms with van der Waals surface area (Å²) in [6.45, 7) is -1.22. The summed E-state index contributed by atoms with van der Waals surface area (Å²) < 4.78 is 7.69. The molecule has 0 rings (SSSR count). The second-order valence-corrected chi connectivity index (χ2v) is 1.20. The number of rotatable bonds is 2. The van der Waals surface area contributed by atoms with Crippen molar-refractivity contribution in [1.29, 1.82) is 0 Å². The third kappa shape index (κ3) is 3.81. The highest BCUT2D eigenvalue weighted by Crippen LogP contribution is 1.83. The van der Waals surface area contributed by atoms with Crippen molar-refractivity contribution >= 4 is 12.1 Å². The van der Waals surface area contributed by atoms with Gasteiger partial charge in [0.1, 0.15) is 0 Å². The number of hydrogen-bond acceptors (Lipinski definition) is 6. The van der Waals surface area contributed by atoms with E-state index in [9.17, 15) is 9.59 Å². The molecule has 6 heteroatoms. The van der Waals surface area contributed by atoms with Crippen LogP contribution in [0.25, 0.3) is 0 Å². The molecule has 0 spiro atoms. The van der Waals surface area contributed by atoms with Gasteiger partial charge in [-0.3, -0.25) is 4.79 Å². The normalized spacial score (nSPS) is 8.60. The average Bonchev–Trinajstić information content (AvgIpc) is 1.88. The van der Waals surface area contributed by atoms with Gasteiger partial charge in [-0.15, -0.1) is 0 Å². The van der Waals surface area contributed by atoms with Gasteiger partial charge in [0.25, 0.3) is 0 Å². The standard InChI is InChI=1S/C4H7NO5/c5-1-3(7)10-4(8)9-2-6/h6H,1-2,5H2. The minimum absolute atomic E-state index is 0.402. The Morgan fingerprint density at radius 2 is 2.10 bits per heavy atom. The molecule has 0 bridgehead atoms. The number of hydrogen-bond donors (Lipinski definition) is 2. The van der Waals surface area contributed by atoms with Gasteiger partial charge in [0.15, 0.2) is 6.79 Å². The van der Waals surface area contributed by atoms with Gasteiger partial charge >= 0.3 is 12.1 Å². The first-order chi connectivity index (χ1) is 4.70. The third-order valence-electron chi connectivity index (χ3n) is 0.546. The fourth-order valence-corrected chi connectivity index (χ4v) is 0.217. The Bertz CT molecular complexity index is 134. The zero-order valence-corrected chi connectivity index (χ0v) is 5.07. The Hall–Kier alpha value is -1.14. The van der Waals surface area contributed by atoms with E-state index in [2.05, 4.69) is 9.47 Å². The highest BCUT2D eigenvalue weighted by Gasteiger charge is 2.07. The van der Waals surface area contributed by atoms with Crippen LogP contribution in [0.3, 0.4) is 0 Å². The van der Waals surface area contributed by atoms with Gasteiger partial charge in [-0.05, 0) is 0 Å². The van der Waals surface area contributed by atoms with Crippen molar-refractivity contribution in [3.63, 3.8) is 0 Å². The highest BCUT2D eigenvalue weighted by atomic mass is 16.8. The Balaban J connectivity index is 3.47. The predicted molar refractivity (Wildman–Crippen MR) is 28.7 cm³/mol. The molecule has 0 heterocycles.